The summed E-state index contributed by atoms with van der Waals surface area (Å²) in [6.07, 6.45) is 0. The molecule has 0 fully saturated rings. The third-order valence-electron chi connectivity index (χ3n) is 4.08. The topological polar surface area (TPSA) is 0 Å². The first-order chi connectivity index (χ1) is 11.7. The van der Waals surface area contributed by atoms with Crippen molar-refractivity contribution in [2.45, 2.75) is 12.3 Å². The van der Waals surface area contributed by atoms with Gasteiger partial charge in [0.2, 0.25) is 0 Å². The summed E-state index contributed by atoms with van der Waals surface area (Å²) in [5.74, 6) is 3.29. The zero-order valence-electron chi connectivity index (χ0n) is 13.6. The van der Waals surface area contributed by atoms with Crippen LogP contribution >= 0.6 is 11.6 Å². The van der Waals surface area contributed by atoms with Crippen LogP contribution in [0.4, 0.5) is 0 Å². The van der Waals surface area contributed by atoms with E-state index in [4.69, 9.17) is 11.6 Å². The average molecular weight is 438 g/mol. The van der Waals surface area contributed by atoms with Crippen molar-refractivity contribution in [1.29, 1.82) is 0 Å². The summed E-state index contributed by atoms with van der Waals surface area (Å²) in [6.45, 7) is 1.94. The van der Waals surface area contributed by atoms with E-state index in [-0.39, 0.29) is 5.38 Å². The minimum atomic E-state index is -3.40. The first-order valence-corrected chi connectivity index (χ1v) is 14.2. The van der Waals surface area contributed by atoms with Gasteiger partial charge in [-0.05, 0) is 0 Å². The molecular formula is C22H19ClSn. The van der Waals surface area contributed by atoms with E-state index in [2.05, 4.69) is 101 Å². The molecule has 0 aromatic heterocycles. The number of hydrogen-bond acceptors (Lipinski definition) is 0. The third-order valence-corrected chi connectivity index (χ3v) is 15.9. The summed E-state index contributed by atoms with van der Waals surface area (Å²) >= 11 is 2.80. The van der Waals surface area contributed by atoms with Gasteiger partial charge in [0.15, 0.2) is 0 Å². The fraction of sp³-hybridized carbons (Fsp3) is 0.0909. The molecule has 118 valence electrons. The van der Waals surface area contributed by atoms with Gasteiger partial charge in [-0.3, -0.25) is 0 Å². The number of hydrogen-bond donors (Lipinski definition) is 0. The first-order valence-electron chi connectivity index (χ1n) is 8.07. The Labute approximate surface area is 153 Å². The number of alkyl halides is 1. The van der Waals surface area contributed by atoms with Gasteiger partial charge in [0.05, 0.1) is 0 Å². The molecule has 24 heavy (non-hydrogen) atoms. The van der Waals surface area contributed by atoms with Crippen LogP contribution in [0.2, 0.25) is 0 Å². The summed E-state index contributed by atoms with van der Waals surface area (Å²) in [5, 5.41) is -0.155. The monoisotopic (exact) mass is 438 g/mol. The zero-order valence-corrected chi connectivity index (χ0v) is 17.2. The Balaban J connectivity index is 2.36. The van der Waals surface area contributed by atoms with Crippen LogP contribution in [0.5, 0.6) is 0 Å². The molecule has 0 aliphatic rings. The molecule has 0 bridgehead atoms. The summed E-state index contributed by atoms with van der Waals surface area (Å²) in [7, 11) is 0. The van der Waals surface area contributed by atoms with Crippen LogP contribution in [0.25, 0.3) is 0 Å². The van der Waals surface area contributed by atoms with Crippen molar-refractivity contribution in [2.24, 2.45) is 0 Å². The maximum atomic E-state index is 6.21. The van der Waals surface area contributed by atoms with Crippen molar-refractivity contribution in [3.63, 3.8) is 0 Å². The van der Waals surface area contributed by atoms with Gasteiger partial charge in [0.1, 0.15) is 0 Å². The van der Waals surface area contributed by atoms with Crippen molar-refractivity contribution in [1.82, 2.24) is 0 Å². The molecule has 0 spiro atoms. The van der Waals surface area contributed by atoms with E-state index in [9.17, 15) is 0 Å². The molecule has 0 aliphatic heterocycles. The van der Waals surface area contributed by atoms with Gasteiger partial charge in [-0.2, -0.15) is 0 Å². The minimum absolute atomic E-state index is 0.155. The normalized spacial score (nSPS) is 12.1. The van der Waals surface area contributed by atoms with Gasteiger partial charge < -0.3 is 0 Å². The standard InChI is InChI=1S/3C6H5.C4H4Cl.Sn/c3*1-2-4-6-5-3-1;1-3-4(2)5;/h3*1-5H;4H,2H3;. The predicted molar refractivity (Wildman–Crippen MR) is 107 cm³/mol. The van der Waals surface area contributed by atoms with Gasteiger partial charge >= 0.3 is 154 Å². The number of halogens is 1. The van der Waals surface area contributed by atoms with Crippen LogP contribution in [-0.2, 0) is 0 Å². The molecule has 0 aliphatic carbocycles. The van der Waals surface area contributed by atoms with Crippen LogP contribution in [-0.4, -0.2) is 23.8 Å². The Bertz CT molecular complexity index is 734. The Morgan fingerprint density at radius 2 is 1.00 bits per heavy atom. The van der Waals surface area contributed by atoms with Crippen LogP contribution in [0.15, 0.2) is 91.0 Å². The summed E-state index contributed by atoms with van der Waals surface area (Å²) in [6, 6.07) is 32.2. The summed E-state index contributed by atoms with van der Waals surface area (Å²) in [4.78, 5) is 0. The second-order valence-electron chi connectivity index (χ2n) is 5.73. The van der Waals surface area contributed by atoms with Crippen LogP contribution in [0.3, 0.4) is 0 Å². The van der Waals surface area contributed by atoms with Gasteiger partial charge in [-0.25, -0.2) is 0 Å². The second kappa shape index (κ2) is 7.92. The number of benzene rings is 3. The molecule has 0 N–H and O–H groups in total. The quantitative estimate of drug-likeness (QED) is 0.335. The van der Waals surface area contributed by atoms with Crippen molar-refractivity contribution in [3.05, 3.63) is 91.0 Å². The predicted octanol–water partition coefficient (Wildman–Crippen LogP) is 3.33. The Hall–Kier alpha value is -1.69. The zero-order chi connectivity index (χ0) is 16.8. The fourth-order valence-electron chi connectivity index (χ4n) is 2.99. The molecule has 2 heteroatoms. The Morgan fingerprint density at radius 3 is 1.29 bits per heavy atom. The molecule has 1 unspecified atom stereocenters. The summed E-state index contributed by atoms with van der Waals surface area (Å²) < 4.78 is 7.78. The molecule has 0 amide bonds. The molecule has 3 rings (SSSR count). The van der Waals surface area contributed by atoms with E-state index >= 15 is 0 Å². The summed E-state index contributed by atoms with van der Waals surface area (Å²) in [5.41, 5.74) is 0. The van der Waals surface area contributed by atoms with Crippen molar-refractivity contribution < 1.29 is 0 Å². The van der Waals surface area contributed by atoms with Crippen LogP contribution < -0.4 is 10.7 Å². The Kier molecular flexibility index (Phi) is 5.66. The third kappa shape index (κ3) is 3.53. The van der Waals surface area contributed by atoms with Gasteiger partial charge in [0.25, 0.3) is 0 Å². The van der Waals surface area contributed by atoms with Crippen molar-refractivity contribution >= 4 is 40.7 Å². The van der Waals surface area contributed by atoms with Crippen LogP contribution in [0, 0.1) is 9.86 Å². The number of rotatable bonds is 3. The van der Waals surface area contributed by atoms with E-state index in [0.29, 0.717) is 0 Å². The molecule has 0 saturated heterocycles. The molecular weight excluding hydrogens is 418 g/mol. The van der Waals surface area contributed by atoms with Gasteiger partial charge in [0, 0.05) is 0 Å². The average Bonchev–Trinajstić information content (AvgIpc) is 2.65. The van der Waals surface area contributed by atoms with Crippen LogP contribution in [0.1, 0.15) is 6.92 Å². The van der Waals surface area contributed by atoms with E-state index < -0.39 is 18.4 Å². The SMILES string of the molecule is CC(Cl)C#[C][Sn]([c]1ccccc1)([c]1ccccc1)[c]1ccccc1. The van der Waals surface area contributed by atoms with E-state index in [1.807, 2.05) is 6.92 Å². The molecule has 3 aromatic rings. The van der Waals surface area contributed by atoms with Gasteiger partial charge in [-0.1, -0.05) is 0 Å². The molecule has 1 atom stereocenters. The van der Waals surface area contributed by atoms with Gasteiger partial charge in [-0.15, -0.1) is 0 Å². The van der Waals surface area contributed by atoms with Crippen molar-refractivity contribution in [2.75, 3.05) is 0 Å². The van der Waals surface area contributed by atoms with E-state index in [0.717, 1.165) is 0 Å². The Morgan fingerprint density at radius 1 is 0.667 bits per heavy atom. The second-order valence-corrected chi connectivity index (χ2v) is 16.3. The van der Waals surface area contributed by atoms with E-state index in [1.54, 1.807) is 0 Å². The maximum absolute atomic E-state index is 6.21. The molecule has 0 radical (unpaired) electrons. The fourth-order valence-corrected chi connectivity index (χ4v) is 14.6. The molecule has 0 nitrogen and oxygen atoms in total. The molecule has 3 aromatic carbocycles. The first kappa shape index (κ1) is 17.1. The molecule has 0 heterocycles. The van der Waals surface area contributed by atoms with E-state index in [1.165, 1.54) is 10.7 Å². The molecule has 0 saturated carbocycles. The van der Waals surface area contributed by atoms with Crippen molar-refractivity contribution in [3.8, 4) is 9.86 Å².